The van der Waals surface area contributed by atoms with Gasteiger partial charge in [-0.25, -0.2) is 0 Å². The van der Waals surface area contributed by atoms with E-state index in [0.29, 0.717) is 25.9 Å². The Morgan fingerprint density at radius 2 is 1.32 bits per heavy atom. The van der Waals surface area contributed by atoms with Gasteiger partial charge in [0.2, 0.25) is 0 Å². The van der Waals surface area contributed by atoms with Gasteiger partial charge < -0.3 is 9.31 Å². The van der Waals surface area contributed by atoms with Crippen LogP contribution in [0.25, 0.3) is 42.4 Å². The average Bonchev–Trinajstić information content (AvgIpc) is 3.42. The van der Waals surface area contributed by atoms with Crippen LogP contribution in [0.4, 0.5) is 0 Å². The fourth-order valence-electron chi connectivity index (χ4n) is 4.19. The molecule has 0 N–H and O–H groups in total. The third kappa shape index (κ3) is 3.49. The van der Waals surface area contributed by atoms with Gasteiger partial charge in [0.25, 0.3) is 0 Å². The Hall–Kier alpha value is -2.92. The fourth-order valence-corrected chi connectivity index (χ4v) is 5.17. The molecule has 1 aromatic heterocycles. The molecule has 34 heavy (non-hydrogen) atoms. The summed E-state index contributed by atoms with van der Waals surface area (Å²) < 4.78 is 67.1. The van der Waals surface area contributed by atoms with E-state index in [1.807, 2.05) is 82.3 Å². The summed E-state index contributed by atoms with van der Waals surface area (Å²) in [6.07, 6.45) is 0. The van der Waals surface area contributed by atoms with Gasteiger partial charge in [-0.05, 0) is 73.5 Å². The second-order valence-corrected chi connectivity index (χ2v) is 10.6. The lowest BCUT2D eigenvalue weighted by molar-refractivity contribution is 0.00578. The van der Waals surface area contributed by atoms with E-state index in [4.69, 9.17) is 16.2 Å². The van der Waals surface area contributed by atoms with Crippen LogP contribution in [0, 0.1) is 0 Å². The first-order chi connectivity index (χ1) is 18.9. The number of thiophene rings is 1. The van der Waals surface area contributed by atoms with Crippen LogP contribution in [-0.2, 0) is 9.31 Å². The Morgan fingerprint density at radius 1 is 0.676 bits per heavy atom. The standard InChI is InChI=1S/C30H27BO2S/c1-29(2)30(3,4)33-31(32-29)22-15-16-25-26-18-21(14-17-27(26)34-28(25)19-22)24-13-9-8-12-23(24)20-10-6-5-7-11-20/h5-19H,1-4H3/i14D,15D,16D,17D,18D,19D. The lowest BCUT2D eigenvalue weighted by atomic mass is 9.79. The van der Waals surface area contributed by atoms with E-state index < -0.39 is 18.3 Å². The van der Waals surface area contributed by atoms with Crippen LogP contribution < -0.4 is 5.46 Å². The van der Waals surface area contributed by atoms with Gasteiger partial charge in [-0.3, -0.25) is 0 Å². The Morgan fingerprint density at radius 3 is 2.03 bits per heavy atom. The third-order valence-electron chi connectivity index (χ3n) is 6.80. The molecule has 4 heteroatoms. The largest absolute Gasteiger partial charge is 0.494 e. The molecule has 0 aliphatic carbocycles. The van der Waals surface area contributed by atoms with Crippen molar-refractivity contribution in [1.82, 2.24) is 0 Å². The number of fused-ring (bicyclic) bond motifs is 3. The molecule has 0 unspecified atom stereocenters. The van der Waals surface area contributed by atoms with Gasteiger partial charge in [-0.1, -0.05) is 72.7 Å². The molecule has 2 heterocycles. The van der Waals surface area contributed by atoms with Crippen LogP contribution in [0.3, 0.4) is 0 Å². The third-order valence-corrected chi connectivity index (χ3v) is 7.82. The van der Waals surface area contributed by atoms with Crippen molar-refractivity contribution in [3.05, 3.63) is 90.9 Å². The zero-order chi connectivity index (χ0) is 28.7. The van der Waals surface area contributed by atoms with Crippen molar-refractivity contribution < 1.29 is 17.5 Å². The van der Waals surface area contributed by atoms with Gasteiger partial charge in [0.05, 0.1) is 19.4 Å². The molecule has 6 rings (SSSR count). The van der Waals surface area contributed by atoms with Crippen LogP contribution >= 0.6 is 11.3 Å². The van der Waals surface area contributed by atoms with Crippen molar-refractivity contribution in [3.8, 4) is 22.3 Å². The van der Waals surface area contributed by atoms with E-state index in [2.05, 4.69) is 0 Å². The van der Waals surface area contributed by atoms with E-state index in [9.17, 15) is 1.37 Å². The van der Waals surface area contributed by atoms with Crippen molar-refractivity contribution in [1.29, 1.82) is 0 Å². The second kappa shape index (κ2) is 7.81. The topological polar surface area (TPSA) is 18.5 Å². The average molecular weight is 468 g/mol. The molecule has 1 aliphatic rings. The molecule has 1 aliphatic heterocycles. The van der Waals surface area contributed by atoms with Crippen LogP contribution in [0.2, 0.25) is 0 Å². The lowest BCUT2D eigenvalue weighted by Crippen LogP contribution is -2.41. The number of hydrogen-bond acceptors (Lipinski definition) is 3. The first kappa shape index (κ1) is 15.9. The van der Waals surface area contributed by atoms with Gasteiger partial charge in [0.1, 0.15) is 0 Å². The molecule has 4 aromatic carbocycles. The Kier molecular flexibility index (Phi) is 3.65. The zero-order valence-corrected chi connectivity index (χ0v) is 20.3. The summed E-state index contributed by atoms with van der Waals surface area (Å²) in [6, 6.07) is 16.8. The summed E-state index contributed by atoms with van der Waals surface area (Å²) in [7, 11) is -0.991. The quantitative estimate of drug-likeness (QED) is 0.253. The summed E-state index contributed by atoms with van der Waals surface area (Å²) in [5.41, 5.74) is 1.51. The first-order valence-electron chi connectivity index (χ1n) is 14.3. The normalized spacial score (nSPS) is 19.5. The van der Waals surface area contributed by atoms with Crippen LogP contribution in [-0.4, -0.2) is 18.3 Å². The highest BCUT2D eigenvalue weighted by Gasteiger charge is 2.51. The monoisotopic (exact) mass is 468 g/mol. The van der Waals surface area contributed by atoms with Crippen molar-refractivity contribution in [2.24, 2.45) is 0 Å². The molecule has 5 aromatic rings. The fraction of sp³-hybridized carbons (Fsp3) is 0.200. The smallest absolute Gasteiger partial charge is 0.399 e. The zero-order valence-electron chi connectivity index (χ0n) is 25.5. The minimum absolute atomic E-state index is 0.00716. The van der Waals surface area contributed by atoms with E-state index in [-0.39, 0.29) is 47.1 Å². The van der Waals surface area contributed by atoms with Gasteiger partial charge >= 0.3 is 7.12 Å². The summed E-state index contributed by atoms with van der Waals surface area (Å²) in [5, 5.41) is 0.610. The molecule has 1 fully saturated rings. The minimum atomic E-state index is -0.991. The summed E-state index contributed by atoms with van der Waals surface area (Å²) in [5.74, 6) is 0. The van der Waals surface area contributed by atoms with Crippen molar-refractivity contribution in [2.75, 3.05) is 0 Å². The highest BCUT2D eigenvalue weighted by molar-refractivity contribution is 7.25. The molecular formula is C30H27BO2S. The summed E-state index contributed by atoms with van der Waals surface area (Å²) in [6.45, 7) is 7.57. The maximum absolute atomic E-state index is 9.28. The Balaban J connectivity index is 1.65. The highest BCUT2D eigenvalue weighted by Crippen LogP contribution is 2.40. The molecule has 0 saturated carbocycles. The van der Waals surface area contributed by atoms with Crippen LogP contribution in [0.1, 0.15) is 35.9 Å². The van der Waals surface area contributed by atoms with E-state index in [0.717, 1.165) is 22.5 Å². The number of rotatable bonds is 3. The van der Waals surface area contributed by atoms with Crippen LogP contribution in [0.5, 0.6) is 0 Å². The van der Waals surface area contributed by atoms with Crippen LogP contribution in [0.15, 0.2) is 90.9 Å². The van der Waals surface area contributed by atoms with E-state index >= 15 is 0 Å². The SMILES string of the molecule is [2H]c1c(-c2ccccc2-c2ccccc2)c([2H])c2c(sc3c([2H])c(B4OC(C)(C)C(C)(C)O4)c([2H])c([2H])c32)c1[2H]. The van der Waals surface area contributed by atoms with Gasteiger partial charge in [0.15, 0.2) is 0 Å². The maximum atomic E-state index is 9.28. The number of hydrogen-bond donors (Lipinski definition) is 0. The molecule has 0 bridgehead atoms. The molecule has 168 valence electrons. The van der Waals surface area contributed by atoms with Crippen molar-refractivity contribution in [3.63, 3.8) is 0 Å². The minimum Gasteiger partial charge on any atom is -0.399 e. The van der Waals surface area contributed by atoms with E-state index in [1.54, 1.807) is 0 Å². The lowest BCUT2D eigenvalue weighted by Gasteiger charge is -2.32. The molecule has 0 atom stereocenters. The van der Waals surface area contributed by atoms with Crippen molar-refractivity contribution >= 4 is 44.1 Å². The predicted molar refractivity (Wildman–Crippen MR) is 146 cm³/mol. The summed E-state index contributed by atoms with van der Waals surface area (Å²) >= 11 is 1.11. The molecule has 0 radical (unpaired) electrons. The molecule has 2 nitrogen and oxygen atoms in total. The van der Waals surface area contributed by atoms with Gasteiger partial charge in [-0.15, -0.1) is 11.3 Å². The molecule has 0 spiro atoms. The highest BCUT2D eigenvalue weighted by atomic mass is 32.1. The second-order valence-electron chi connectivity index (χ2n) is 9.55. The molecule has 0 amide bonds. The van der Waals surface area contributed by atoms with Gasteiger partial charge in [0, 0.05) is 20.2 Å². The maximum Gasteiger partial charge on any atom is 0.494 e. The summed E-state index contributed by atoms with van der Waals surface area (Å²) in [4.78, 5) is 0. The molecule has 1 saturated heterocycles. The van der Waals surface area contributed by atoms with E-state index in [1.165, 1.54) is 0 Å². The number of benzene rings is 4. The Bertz CT molecular complexity index is 1820. The molecular weight excluding hydrogens is 435 g/mol. The van der Waals surface area contributed by atoms with Gasteiger partial charge in [-0.2, -0.15) is 0 Å². The first-order valence-corrected chi connectivity index (χ1v) is 12.1. The van der Waals surface area contributed by atoms with Crippen molar-refractivity contribution in [2.45, 2.75) is 38.9 Å². The Labute approximate surface area is 213 Å². The predicted octanol–water partition coefficient (Wildman–Crippen LogP) is 7.69.